The van der Waals surface area contributed by atoms with Gasteiger partial charge in [0, 0.05) is 17.1 Å². The third-order valence-corrected chi connectivity index (χ3v) is 5.15. The normalized spacial score (nSPS) is 10.9. The van der Waals surface area contributed by atoms with E-state index in [2.05, 4.69) is 36.1 Å². The number of halogens is 1. The minimum absolute atomic E-state index is 0.743. The smallest absolute Gasteiger partial charge is 0.214 e. The molecule has 0 amide bonds. The van der Waals surface area contributed by atoms with Crippen molar-refractivity contribution in [1.82, 2.24) is 20.2 Å². The first-order valence-electron chi connectivity index (χ1n) is 7.26. The lowest BCUT2D eigenvalue weighted by Gasteiger charge is -2.13. The van der Waals surface area contributed by atoms with Crippen LogP contribution in [0.3, 0.4) is 0 Å². The van der Waals surface area contributed by atoms with Gasteiger partial charge in [-0.25, -0.2) is 4.98 Å². The molecule has 2 aromatic heterocycles. The van der Waals surface area contributed by atoms with Gasteiger partial charge in [0.15, 0.2) is 5.82 Å². The highest BCUT2D eigenvalue weighted by Gasteiger charge is 2.13. The van der Waals surface area contributed by atoms with E-state index in [1.165, 1.54) is 11.3 Å². The fourth-order valence-electron chi connectivity index (χ4n) is 2.27. The van der Waals surface area contributed by atoms with Crippen LogP contribution in [-0.4, -0.2) is 27.2 Å². The van der Waals surface area contributed by atoms with Gasteiger partial charge in [-0.2, -0.15) is 0 Å². The van der Waals surface area contributed by atoms with E-state index in [0.717, 1.165) is 37.0 Å². The zero-order valence-corrected chi connectivity index (χ0v) is 15.1. The summed E-state index contributed by atoms with van der Waals surface area (Å²) in [6.45, 7) is 0. The van der Waals surface area contributed by atoms with Gasteiger partial charge in [-0.1, -0.05) is 51.5 Å². The minimum Gasteiger partial charge on any atom is -0.303 e. The summed E-state index contributed by atoms with van der Waals surface area (Å²) in [5.74, 6) is 0.743. The highest BCUT2D eigenvalue weighted by molar-refractivity contribution is 9.10. The molecule has 2 aromatic carbocycles. The molecule has 0 aliphatic carbocycles. The summed E-state index contributed by atoms with van der Waals surface area (Å²) in [6.07, 6.45) is 1.75. The first-order valence-corrected chi connectivity index (χ1v) is 8.86. The summed E-state index contributed by atoms with van der Waals surface area (Å²) in [5, 5.41) is 10.2. The van der Waals surface area contributed by atoms with Gasteiger partial charge in [0.25, 0.3) is 0 Å². The number of anilines is 2. The average Bonchev–Trinajstić information content (AvgIpc) is 3.11. The number of nitrogens with zero attached hydrogens (tertiary/aromatic N) is 5. The first kappa shape index (κ1) is 15.2. The number of hydrogen-bond acceptors (Lipinski definition) is 6. The Bertz CT molecular complexity index is 999. The van der Waals surface area contributed by atoms with Crippen LogP contribution in [0.15, 0.2) is 59.2 Å². The summed E-state index contributed by atoms with van der Waals surface area (Å²) < 4.78 is 1.04. The van der Waals surface area contributed by atoms with E-state index in [9.17, 15) is 0 Å². The molecule has 4 rings (SSSR count). The van der Waals surface area contributed by atoms with Gasteiger partial charge in [-0.15, -0.1) is 10.2 Å². The Kier molecular flexibility index (Phi) is 3.95. The number of aromatic nitrogens is 4. The van der Waals surface area contributed by atoms with Gasteiger partial charge in [0.1, 0.15) is 5.01 Å². The number of rotatable bonds is 3. The van der Waals surface area contributed by atoms with Gasteiger partial charge in [0.05, 0.1) is 17.2 Å². The van der Waals surface area contributed by atoms with Crippen molar-refractivity contribution < 1.29 is 0 Å². The summed E-state index contributed by atoms with van der Waals surface area (Å²) in [4.78, 5) is 11.0. The second-order valence-corrected chi connectivity index (χ2v) is 7.04. The van der Waals surface area contributed by atoms with Crippen LogP contribution < -0.4 is 4.90 Å². The molecule has 0 saturated heterocycles. The predicted octanol–water partition coefficient (Wildman–Crippen LogP) is 4.68. The number of para-hydroxylation sites is 2. The van der Waals surface area contributed by atoms with Crippen molar-refractivity contribution in [3.63, 3.8) is 0 Å². The molecule has 4 aromatic rings. The second kappa shape index (κ2) is 6.26. The van der Waals surface area contributed by atoms with Gasteiger partial charge in [-0.05, 0) is 24.3 Å². The van der Waals surface area contributed by atoms with E-state index >= 15 is 0 Å². The van der Waals surface area contributed by atoms with Crippen LogP contribution in [-0.2, 0) is 0 Å². The molecule has 5 nitrogen and oxygen atoms in total. The standard InChI is InChI=1S/C17H12BrN5S/c1-23(15-10-19-13-4-2-3-5-14(13)20-15)17-22-21-16(24-17)11-6-8-12(18)9-7-11/h2-10H,1H3. The fourth-order valence-corrected chi connectivity index (χ4v) is 3.35. The third-order valence-electron chi connectivity index (χ3n) is 3.57. The quantitative estimate of drug-likeness (QED) is 0.502. The number of benzene rings is 2. The highest BCUT2D eigenvalue weighted by Crippen LogP contribution is 2.31. The maximum atomic E-state index is 4.64. The monoisotopic (exact) mass is 397 g/mol. The van der Waals surface area contributed by atoms with Crippen LogP contribution in [0.4, 0.5) is 10.9 Å². The van der Waals surface area contributed by atoms with E-state index in [0.29, 0.717) is 0 Å². The molecule has 0 atom stereocenters. The Hall–Kier alpha value is -2.38. The van der Waals surface area contributed by atoms with Gasteiger partial charge in [-0.3, -0.25) is 4.98 Å². The van der Waals surface area contributed by atoms with Crippen LogP contribution in [0.1, 0.15) is 0 Å². The Labute approximate surface area is 151 Å². The summed E-state index contributed by atoms with van der Waals surface area (Å²) in [7, 11) is 1.92. The molecule has 0 bridgehead atoms. The highest BCUT2D eigenvalue weighted by atomic mass is 79.9. The van der Waals surface area contributed by atoms with Crippen molar-refractivity contribution in [2.75, 3.05) is 11.9 Å². The SMILES string of the molecule is CN(c1cnc2ccccc2n1)c1nnc(-c2ccc(Br)cc2)s1. The maximum absolute atomic E-state index is 4.64. The summed E-state index contributed by atoms with van der Waals surface area (Å²) >= 11 is 4.96. The van der Waals surface area contributed by atoms with Crippen LogP contribution in [0.5, 0.6) is 0 Å². The van der Waals surface area contributed by atoms with Crippen molar-refractivity contribution in [3.8, 4) is 10.6 Å². The molecule has 7 heteroatoms. The average molecular weight is 398 g/mol. The Balaban J connectivity index is 1.66. The molecule has 0 radical (unpaired) electrons. The second-order valence-electron chi connectivity index (χ2n) is 5.17. The van der Waals surface area contributed by atoms with Gasteiger partial charge in [0.2, 0.25) is 5.13 Å². The molecular formula is C17H12BrN5S. The lowest BCUT2D eigenvalue weighted by atomic mass is 10.2. The van der Waals surface area contributed by atoms with Crippen molar-refractivity contribution >= 4 is 49.2 Å². The van der Waals surface area contributed by atoms with E-state index in [1.54, 1.807) is 6.20 Å². The minimum atomic E-state index is 0.743. The lowest BCUT2D eigenvalue weighted by Crippen LogP contribution is -2.11. The molecule has 0 spiro atoms. The topological polar surface area (TPSA) is 54.8 Å². The molecule has 0 saturated carbocycles. The lowest BCUT2D eigenvalue weighted by molar-refractivity contribution is 1.03. The van der Waals surface area contributed by atoms with Crippen LogP contribution in [0, 0.1) is 0 Å². The molecule has 2 heterocycles. The summed E-state index contributed by atoms with van der Waals surface area (Å²) in [6, 6.07) is 15.8. The van der Waals surface area contributed by atoms with Crippen LogP contribution >= 0.6 is 27.3 Å². The zero-order chi connectivity index (χ0) is 16.5. The molecule has 0 aliphatic rings. The largest absolute Gasteiger partial charge is 0.303 e. The van der Waals surface area contributed by atoms with Crippen LogP contribution in [0.25, 0.3) is 21.6 Å². The molecule has 0 unspecified atom stereocenters. The Morgan fingerprint density at radius 1 is 0.958 bits per heavy atom. The van der Waals surface area contributed by atoms with Gasteiger partial charge < -0.3 is 4.90 Å². The van der Waals surface area contributed by atoms with Crippen molar-refractivity contribution in [1.29, 1.82) is 0 Å². The molecule has 118 valence electrons. The predicted molar refractivity (Wildman–Crippen MR) is 101 cm³/mol. The molecule has 0 N–H and O–H groups in total. The Morgan fingerprint density at radius 3 is 2.50 bits per heavy atom. The summed E-state index contributed by atoms with van der Waals surface area (Å²) in [5.41, 5.74) is 2.78. The van der Waals surface area contributed by atoms with E-state index in [1.807, 2.05) is 60.5 Å². The van der Waals surface area contributed by atoms with Crippen molar-refractivity contribution in [3.05, 3.63) is 59.2 Å². The fraction of sp³-hybridized carbons (Fsp3) is 0.0588. The van der Waals surface area contributed by atoms with Crippen molar-refractivity contribution in [2.24, 2.45) is 0 Å². The third kappa shape index (κ3) is 2.88. The zero-order valence-electron chi connectivity index (χ0n) is 12.7. The van der Waals surface area contributed by atoms with Gasteiger partial charge >= 0.3 is 0 Å². The molecule has 0 fully saturated rings. The number of hydrogen-bond donors (Lipinski definition) is 0. The molecule has 24 heavy (non-hydrogen) atoms. The molecular weight excluding hydrogens is 386 g/mol. The van der Waals surface area contributed by atoms with E-state index in [4.69, 9.17) is 0 Å². The number of fused-ring (bicyclic) bond motifs is 1. The van der Waals surface area contributed by atoms with E-state index < -0.39 is 0 Å². The molecule has 0 aliphatic heterocycles. The first-order chi connectivity index (χ1) is 11.7. The Morgan fingerprint density at radius 2 is 1.71 bits per heavy atom. The van der Waals surface area contributed by atoms with E-state index in [-0.39, 0.29) is 0 Å². The van der Waals surface area contributed by atoms with Crippen LogP contribution in [0.2, 0.25) is 0 Å². The van der Waals surface area contributed by atoms with Crippen molar-refractivity contribution in [2.45, 2.75) is 0 Å². The maximum Gasteiger partial charge on any atom is 0.214 e.